The SMILES string of the molecule is CC(=O)O.CCOC(=O)[C@H](Cc1ccccc1)NC(C)=O. The van der Waals surface area contributed by atoms with Gasteiger partial charge in [-0.15, -0.1) is 0 Å². The Labute approximate surface area is 124 Å². The molecule has 6 nitrogen and oxygen atoms in total. The predicted molar refractivity (Wildman–Crippen MR) is 77.7 cm³/mol. The van der Waals surface area contributed by atoms with Gasteiger partial charge in [0.05, 0.1) is 6.61 Å². The Hall–Kier alpha value is -2.37. The summed E-state index contributed by atoms with van der Waals surface area (Å²) in [6, 6.07) is 8.90. The topological polar surface area (TPSA) is 92.7 Å². The first-order valence-corrected chi connectivity index (χ1v) is 6.54. The number of hydrogen-bond acceptors (Lipinski definition) is 4. The van der Waals surface area contributed by atoms with Crippen LogP contribution in [0, 0.1) is 0 Å². The van der Waals surface area contributed by atoms with Gasteiger partial charge in [0.25, 0.3) is 5.97 Å². The van der Waals surface area contributed by atoms with E-state index in [-0.39, 0.29) is 5.91 Å². The number of hydrogen-bond donors (Lipinski definition) is 2. The lowest BCUT2D eigenvalue weighted by atomic mass is 10.1. The number of benzene rings is 1. The van der Waals surface area contributed by atoms with E-state index in [9.17, 15) is 9.59 Å². The second kappa shape index (κ2) is 10.4. The summed E-state index contributed by atoms with van der Waals surface area (Å²) in [5.74, 6) is -1.47. The zero-order valence-electron chi connectivity index (χ0n) is 12.5. The van der Waals surface area contributed by atoms with Gasteiger partial charge in [-0.3, -0.25) is 9.59 Å². The van der Waals surface area contributed by atoms with Crippen LogP contribution in [0.5, 0.6) is 0 Å². The summed E-state index contributed by atoms with van der Waals surface area (Å²) in [6.07, 6.45) is 0.444. The molecule has 1 amide bonds. The molecular weight excluding hydrogens is 274 g/mol. The summed E-state index contributed by atoms with van der Waals surface area (Å²) in [4.78, 5) is 31.7. The van der Waals surface area contributed by atoms with Gasteiger partial charge in [-0.25, -0.2) is 4.79 Å². The summed E-state index contributed by atoms with van der Waals surface area (Å²) < 4.78 is 4.92. The van der Waals surface area contributed by atoms with Gasteiger partial charge in [0.2, 0.25) is 5.91 Å². The van der Waals surface area contributed by atoms with Gasteiger partial charge < -0.3 is 15.2 Å². The number of carboxylic acid groups (broad SMARTS) is 1. The van der Waals surface area contributed by atoms with Crippen molar-refractivity contribution in [1.29, 1.82) is 0 Å². The molecule has 0 aliphatic rings. The van der Waals surface area contributed by atoms with Gasteiger partial charge in [-0.1, -0.05) is 30.3 Å². The molecule has 1 aromatic rings. The van der Waals surface area contributed by atoms with Crippen LogP contribution in [0.1, 0.15) is 26.3 Å². The van der Waals surface area contributed by atoms with Crippen LogP contribution < -0.4 is 5.32 Å². The molecule has 0 heterocycles. The lowest BCUT2D eigenvalue weighted by Gasteiger charge is -2.16. The maximum absolute atomic E-state index is 11.6. The fraction of sp³-hybridized carbons (Fsp3) is 0.400. The molecule has 1 rings (SSSR count). The maximum Gasteiger partial charge on any atom is 0.328 e. The molecule has 0 saturated heterocycles. The molecule has 0 saturated carbocycles. The molecule has 2 N–H and O–H groups in total. The monoisotopic (exact) mass is 295 g/mol. The molecule has 6 heteroatoms. The van der Waals surface area contributed by atoms with Crippen LogP contribution in [-0.2, 0) is 25.5 Å². The second-order valence-electron chi connectivity index (χ2n) is 4.21. The maximum atomic E-state index is 11.6. The Kier molecular flexibility index (Phi) is 9.25. The molecule has 0 spiro atoms. The molecule has 0 unspecified atom stereocenters. The Morgan fingerprint density at radius 2 is 1.71 bits per heavy atom. The zero-order chi connectivity index (χ0) is 16.3. The van der Waals surface area contributed by atoms with Gasteiger partial charge in [-0.05, 0) is 12.5 Å². The molecule has 21 heavy (non-hydrogen) atoms. The molecule has 116 valence electrons. The number of nitrogens with one attached hydrogen (secondary N) is 1. The number of carbonyl (C=O) groups excluding carboxylic acids is 2. The molecule has 1 atom stereocenters. The van der Waals surface area contributed by atoms with Crippen LogP contribution in [0.25, 0.3) is 0 Å². The van der Waals surface area contributed by atoms with Gasteiger partial charge in [0.1, 0.15) is 6.04 Å². The number of aliphatic carboxylic acids is 1. The van der Waals surface area contributed by atoms with Crippen LogP contribution in [0.2, 0.25) is 0 Å². The van der Waals surface area contributed by atoms with Crippen molar-refractivity contribution >= 4 is 17.8 Å². The highest BCUT2D eigenvalue weighted by Crippen LogP contribution is 2.04. The lowest BCUT2D eigenvalue weighted by molar-refractivity contribution is -0.147. The lowest BCUT2D eigenvalue weighted by Crippen LogP contribution is -2.42. The van der Waals surface area contributed by atoms with E-state index in [4.69, 9.17) is 14.6 Å². The minimum Gasteiger partial charge on any atom is -0.481 e. The normalized spacial score (nSPS) is 10.6. The summed E-state index contributed by atoms with van der Waals surface area (Å²) in [7, 11) is 0. The third-order valence-electron chi connectivity index (χ3n) is 2.23. The third kappa shape index (κ3) is 10.1. The molecule has 0 fully saturated rings. The van der Waals surface area contributed by atoms with Crippen molar-refractivity contribution in [3.63, 3.8) is 0 Å². The van der Waals surface area contributed by atoms with E-state index in [0.29, 0.717) is 13.0 Å². The summed E-state index contributed by atoms with van der Waals surface area (Å²) in [5.41, 5.74) is 0.985. The van der Waals surface area contributed by atoms with Gasteiger partial charge in [0, 0.05) is 20.3 Å². The smallest absolute Gasteiger partial charge is 0.328 e. The molecule has 0 aliphatic carbocycles. The second-order valence-corrected chi connectivity index (χ2v) is 4.21. The Bertz CT molecular complexity index is 454. The average molecular weight is 295 g/mol. The van der Waals surface area contributed by atoms with Crippen molar-refractivity contribution < 1.29 is 24.2 Å². The molecule has 0 aromatic heterocycles. The summed E-state index contributed by atoms with van der Waals surface area (Å²) in [5, 5.41) is 10.0. The van der Waals surface area contributed by atoms with E-state index in [1.165, 1.54) is 6.92 Å². The third-order valence-corrected chi connectivity index (χ3v) is 2.23. The average Bonchev–Trinajstić information content (AvgIpc) is 2.38. The standard InChI is InChI=1S/C13H17NO3.C2H4O2/c1-3-17-13(16)12(14-10(2)15)9-11-7-5-4-6-8-11;1-2(3)4/h4-8,12H,3,9H2,1-2H3,(H,14,15);1H3,(H,3,4)/t12-;/m0./s1. The van der Waals surface area contributed by atoms with Gasteiger partial charge in [-0.2, -0.15) is 0 Å². The summed E-state index contributed by atoms with van der Waals surface area (Å²) in [6.45, 7) is 4.52. The quantitative estimate of drug-likeness (QED) is 0.801. The highest BCUT2D eigenvalue weighted by atomic mass is 16.5. The molecular formula is C15H21NO5. The van der Waals surface area contributed by atoms with E-state index >= 15 is 0 Å². The molecule has 0 aliphatic heterocycles. The van der Waals surface area contributed by atoms with Crippen molar-refractivity contribution in [3.05, 3.63) is 35.9 Å². The number of ether oxygens (including phenoxy) is 1. The number of rotatable bonds is 5. The van der Waals surface area contributed by atoms with Crippen molar-refractivity contribution in [1.82, 2.24) is 5.32 Å². The minimum absolute atomic E-state index is 0.237. The fourth-order valence-electron chi connectivity index (χ4n) is 1.53. The van der Waals surface area contributed by atoms with E-state index in [2.05, 4.69) is 5.32 Å². The first-order valence-electron chi connectivity index (χ1n) is 6.54. The Morgan fingerprint density at radius 1 is 1.19 bits per heavy atom. The first kappa shape index (κ1) is 18.6. The number of esters is 1. The van der Waals surface area contributed by atoms with Crippen LogP contribution in [-0.4, -0.2) is 35.6 Å². The highest BCUT2D eigenvalue weighted by molar-refractivity contribution is 5.83. The predicted octanol–water partition coefficient (Wildman–Crippen LogP) is 1.39. The first-order chi connectivity index (χ1) is 9.86. The zero-order valence-corrected chi connectivity index (χ0v) is 12.5. The molecule has 1 aromatic carbocycles. The van der Waals surface area contributed by atoms with Crippen LogP contribution >= 0.6 is 0 Å². The van der Waals surface area contributed by atoms with Crippen molar-refractivity contribution in [3.8, 4) is 0 Å². The highest BCUT2D eigenvalue weighted by Gasteiger charge is 2.20. The van der Waals surface area contributed by atoms with Gasteiger partial charge in [0.15, 0.2) is 0 Å². The fourth-order valence-corrected chi connectivity index (χ4v) is 1.53. The van der Waals surface area contributed by atoms with Crippen molar-refractivity contribution in [2.75, 3.05) is 6.61 Å². The van der Waals surface area contributed by atoms with E-state index in [1.54, 1.807) is 6.92 Å². The van der Waals surface area contributed by atoms with Crippen LogP contribution in [0.15, 0.2) is 30.3 Å². The Balaban J connectivity index is 0.000000885. The van der Waals surface area contributed by atoms with Crippen LogP contribution in [0.3, 0.4) is 0 Å². The molecule has 0 bridgehead atoms. The number of carboxylic acids is 1. The van der Waals surface area contributed by atoms with Gasteiger partial charge >= 0.3 is 5.97 Å². The molecule has 0 radical (unpaired) electrons. The number of amides is 1. The van der Waals surface area contributed by atoms with Crippen LogP contribution in [0.4, 0.5) is 0 Å². The van der Waals surface area contributed by atoms with E-state index in [0.717, 1.165) is 12.5 Å². The Morgan fingerprint density at radius 3 is 2.14 bits per heavy atom. The van der Waals surface area contributed by atoms with Crippen molar-refractivity contribution in [2.24, 2.45) is 0 Å². The van der Waals surface area contributed by atoms with Crippen molar-refractivity contribution in [2.45, 2.75) is 33.2 Å². The van der Waals surface area contributed by atoms with E-state index < -0.39 is 18.0 Å². The number of carbonyl (C=O) groups is 3. The van der Waals surface area contributed by atoms with E-state index in [1.807, 2.05) is 30.3 Å². The largest absolute Gasteiger partial charge is 0.481 e. The minimum atomic E-state index is -0.833. The summed E-state index contributed by atoms with van der Waals surface area (Å²) >= 11 is 0.